The van der Waals surface area contributed by atoms with Gasteiger partial charge < -0.3 is 4.90 Å². The monoisotopic (exact) mass is 343 g/mol. The molecular formula is C15H18FNO3S2. The van der Waals surface area contributed by atoms with E-state index in [4.69, 9.17) is 0 Å². The number of rotatable bonds is 4. The van der Waals surface area contributed by atoms with E-state index in [1.54, 1.807) is 33.0 Å². The molecule has 1 aromatic heterocycles. The lowest BCUT2D eigenvalue weighted by molar-refractivity contribution is 0.0748. The molecule has 0 spiro atoms. The van der Waals surface area contributed by atoms with Crippen molar-refractivity contribution in [2.45, 2.75) is 25.1 Å². The number of halogens is 1. The molecule has 120 valence electrons. The van der Waals surface area contributed by atoms with Crippen molar-refractivity contribution < 1.29 is 17.6 Å². The van der Waals surface area contributed by atoms with Gasteiger partial charge in [-0.05, 0) is 32.0 Å². The number of carbonyl (C=O) groups is 1. The number of fused-ring (bicyclic) bond motifs is 1. The van der Waals surface area contributed by atoms with E-state index in [2.05, 4.69) is 0 Å². The Bertz CT molecular complexity index is 813. The van der Waals surface area contributed by atoms with E-state index in [0.717, 1.165) is 6.26 Å². The standard InChI is InChI=1S/C15H18FNO3S2/c1-9(10(2)22(4,19)20)17(3)15(18)14-8-11-12(16)6-5-7-13(11)21-14/h5-10H,1-4H3. The van der Waals surface area contributed by atoms with Crippen molar-refractivity contribution in [3.63, 3.8) is 0 Å². The highest BCUT2D eigenvalue weighted by atomic mass is 32.2. The SMILES string of the molecule is CC(C(C)S(C)(=O)=O)N(C)C(=O)c1cc2c(F)cccc2s1. The van der Waals surface area contributed by atoms with Gasteiger partial charge in [0.2, 0.25) is 0 Å². The highest BCUT2D eigenvalue weighted by molar-refractivity contribution is 7.91. The molecule has 0 aliphatic rings. The fourth-order valence-corrected chi connectivity index (χ4v) is 4.12. The molecule has 2 aromatic rings. The first-order valence-electron chi connectivity index (χ1n) is 6.77. The van der Waals surface area contributed by atoms with Crippen LogP contribution in [0, 0.1) is 5.82 Å². The number of benzene rings is 1. The number of hydrogen-bond donors (Lipinski definition) is 0. The smallest absolute Gasteiger partial charge is 0.263 e. The highest BCUT2D eigenvalue weighted by Gasteiger charge is 2.29. The van der Waals surface area contributed by atoms with Gasteiger partial charge in [-0.25, -0.2) is 12.8 Å². The van der Waals surface area contributed by atoms with Crippen LogP contribution in [0.5, 0.6) is 0 Å². The largest absolute Gasteiger partial charge is 0.337 e. The van der Waals surface area contributed by atoms with Crippen LogP contribution in [0.25, 0.3) is 10.1 Å². The topological polar surface area (TPSA) is 54.5 Å². The molecule has 2 atom stereocenters. The summed E-state index contributed by atoms with van der Waals surface area (Å²) < 4.78 is 37.7. The maximum absolute atomic E-state index is 13.7. The molecule has 0 bridgehead atoms. The van der Waals surface area contributed by atoms with Gasteiger partial charge in [0.25, 0.3) is 5.91 Å². The van der Waals surface area contributed by atoms with Gasteiger partial charge in [0.15, 0.2) is 9.84 Å². The number of amides is 1. The summed E-state index contributed by atoms with van der Waals surface area (Å²) in [5, 5.41) is -0.263. The molecule has 1 aromatic carbocycles. The average Bonchev–Trinajstić information content (AvgIpc) is 2.88. The van der Waals surface area contributed by atoms with Crippen molar-refractivity contribution in [2.24, 2.45) is 0 Å². The fourth-order valence-electron chi connectivity index (χ4n) is 2.16. The zero-order valence-corrected chi connectivity index (χ0v) is 14.5. The Labute approximate surface area is 133 Å². The summed E-state index contributed by atoms with van der Waals surface area (Å²) in [7, 11) is -1.68. The minimum Gasteiger partial charge on any atom is -0.337 e. The van der Waals surface area contributed by atoms with Gasteiger partial charge in [0.1, 0.15) is 5.82 Å². The maximum atomic E-state index is 13.7. The number of thiophene rings is 1. The number of hydrogen-bond acceptors (Lipinski definition) is 4. The molecule has 0 saturated heterocycles. The molecule has 2 rings (SSSR count). The molecule has 0 N–H and O–H groups in total. The van der Waals surface area contributed by atoms with Crippen molar-refractivity contribution in [2.75, 3.05) is 13.3 Å². The Morgan fingerprint density at radius 1 is 1.32 bits per heavy atom. The summed E-state index contributed by atoms with van der Waals surface area (Å²) in [6.07, 6.45) is 1.15. The third-order valence-electron chi connectivity index (χ3n) is 4.00. The van der Waals surface area contributed by atoms with Gasteiger partial charge in [0, 0.05) is 29.4 Å². The van der Waals surface area contributed by atoms with Crippen LogP contribution in [-0.4, -0.2) is 43.8 Å². The van der Waals surface area contributed by atoms with Crippen molar-refractivity contribution in [3.8, 4) is 0 Å². The third-order valence-corrected chi connectivity index (χ3v) is 6.84. The van der Waals surface area contributed by atoms with Crippen LogP contribution < -0.4 is 0 Å². The lowest BCUT2D eigenvalue weighted by atomic mass is 10.2. The molecular weight excluding hydrogens is 325 g/mol. The van der Waals surface area contributed by atoms with Crippen molar-refractivity contribution >= 4 is 37.2 Å². The summed E-state index contributed by atoms with van der Waals surface area (Å²) in [4.78, 5) is 14.3. The Balaban J connectivity index is 2.31. The van der Waals surface area contributed by atoms with Gasteiger partial charge >= 0.3 is 0 Å². The van der Waals surface area contributed by atoms with E-state index in [9.17, 15) is 17.6 Å². The zero-order chi connectivity index (χ0) is 16.7. The first-order chi connectivity index (χ1) is 10.1. The third kappa shape index (κ3) is 3.15. The van der Waals surface area contributed by atoms with Gasteiger partial charge in [-0.2, -0.15) is 0 Å². The summed E-state index contributed by atoms with van der Waals surface area (Å²) in [6, 6.07) is 5.74. The maximum Gasteiger partial charge on any atom is 0.263 e. The first kappa shape index (κ1) is 16.9. The molecule has 2 unspecified atom stereocenters. The van der Waals surface area contributed by atoms with Gasteiger partial charge in [-0.3, -0.25) is 4.79 Å². The molecule has 0 fully saturated rings. The van der Waals surface area contributed by atoms with E-state index >= 15 is 0 Å². The van der Waals surface area contributed by atoms with E-state index < -0.39 is 21.1 Å². The van der Waals surface area contributed by atoms with Crippen molar-refractivity contribution in [1.82, 2.24) is 4.90 Å². The van der Waals surface area contributed by atoms with Crippen LogP contribution >= 0.6 is 11.3 Å². The normalized spacial score (nSPS) is 14.8. The van der Waals surface area contributed by atoms with Crippen LogP contribution in [0.4, 0.5) is 4.39 Å². The van der Waals surface area contributed by atoms with Crippen LogP contribution in [0.2, 0.25) is 0 Å². The molecule has 0 aliphatic heterocycles. The number of carbonyl (C=O) groups excluding carboxylic acids is 1. The summed E-state index contributed by atoms with van der Waals surface area (Å²) in [5.74, 6) is -0.670. The first-order valence-corrected chi connectivity index (χ1v) is 9.54. The molecule has 4 nitrogen and oxygen atoms in total. The molecule has 0 radical (unpaired) electrons. The number of sulfone groups is 1. The van der Waals surface area contributed by atoms with E-state index in [-0.39, 0.29) is 11.7 Å². The predicted octanol–water partition coefficient (Wildman–Crippen LogP) is 2.93. The second kappa shape index (κ2) is 5.96. The Morgan fingerprint density at radius 2 is 1.95 bits per heavy atom. The van der Waals surface area contributed by atoms with Crippen LogP contribution in [0.15, 0.2) is 24.3 Å². The van der Waals surface area contributed by atoms with E-state index in [1.807, 2.05) is 0 Å². The minimum absolute atomic E-state index is 0.302. The van der Waals surface area contributed by atoms with Gasteiger partial charge in [0.05, 0.1) is 10.1 Å². The lowest BCUT2D eigenvalue weighted by Gasteiger charge is -2.28. The second-order valence-corrected chi connectivity index (χ2v) is 8.94. The lowest BCUT2D eigenvalue weighted by Crippen LogP contribution is -2.44. The zero-order valence-electron chi connectivity index (χ0n) is 12.8. The van der Waals surface area contributed by atoms with Crippen LogP contribution in [0.1, 0.15) is 23.5 Å². The molecule has 1 heterocycles. The molecule has 22 heavy (non-hydrogen) atoms. The van der Waals surface area contributed by atoms with E-state index in [0.29, 0.717) is 15.0 Å². The van der Waals surface area contributed by atoms with Gasteiger partial charge in [-0.1, -0.05) is 6.07 Å². The second-order valence-electron chi connectivity index (χ2n) is 5.45. The molecule has 0 aliphatic carbocycles. The Hall–Kier alpha value is -1.47. The predicted molar refractivity (Wildman–Crippen MR) is 87.6 cm³/mol. The van der Waals surface area contributed by atoms with Crippen LogP contribution in [-0.2, 0) is 9.84 Å². The Morgan fingerprint density at radius 3 is 2.50 bits per heavy atom. The van der Waals surface area contributed by atoms with Crippen LogP contribution in [0.3, 0.4) is 0 Å². The van der Waals surface area contributed by atoms with Crippen molar-refractivity contribution in [3.05, 3.63) is 35.0 Å². The summed E-state index contributed by atoms with van der Waals surface area (Å²) >= 11 is 1.20. The van der Waals surface area contributed by atoms with E-state index in [1.165, 1.54) is 28.4 Å². The quantitative estimate of drug-likeness (QED) is 0.858. The Kier molecular flexibility index (Phi) is 4.58. The highest BCUT2D eigenvalue weighted by Crippen LogP contribution is 2.29. The molecule has 0 saturated carbocycles. The summed E-state index contributed by atoms with van der Waals surface area (Å²) in [5.41, 5.74) is 0. The molecule has 7 heteroatoms. The average molecular weight is 343 g/mol. The molecule has 1 amide bonds. The minimum atomic E-state index is -3.24. The number of nitrogens with zero attached hydrogens (tertiary/aromatic N) is 1. The summed E-state index contributed by atoms with van der Waals surface area (Å²) in [6.45, 7) is 3.27. The van der Waals surface area contributed by atoms with Gasteiger partial charge in [-0.15, -0.1) is 11.3 Å². The van der Waals surface area contributed by atoms with Crippen molar-refractivity contribution in [1.29, 1.82) is 0 Å². The fraction of sp³-hybridized carbons (Fsp3) is 0.400.